The normalized spacial score (nSPS) is 16.5. The van der Waals surface area contributed by atoms with Gasteiger partial charge in [0.2, 0.25) is 17.7 Å². The maximum absolute atomic E-state index is 13.3. The second-order valence-corrected chi connectivity index (χ2v) is 12.9. The summed E-state index contributed by atoms with van der Waals surface area (Å²) in [4.78, 5) is 44.4. The van der Waals surface area contributed by atoms with Gasteiger partial charge in [-0.2, -0.15) is 4.98 Å². The molecule has 0 spiro atoms. The Morgan fingerprint density at radius 3 is 2.56 bits per heavy atom. The zero-order chi connectivity index (χ0) is 35.2. The average Bonchev–Trinajstić information content (AvgIpc) is 3.72. The highest BCUT2D eigenvalue weighted by Gasteiger charge is 2.29. The number of benzene rings is 2. The van der Waals surface area contributed by atoms with E-state index in [4.69, 9.17) is 37.8 Å². The van der Waals surface area contributed by atoms with Gasteiger partial charge in [0.05, 0.1) is 24.2 Å². The molecule has 50 heavy (non-hydrogen) atoms. The number of pyridine rings is 2. The van der Waals surface area contributed by atoms with Crippen LogP contribution < -0.4 is 30.7 Å². The van der Waals surface area contributed by atoms with Gasteiger partial charge < -0.3 is 35.8 Å². The van der Waals surface area contributed by atoms with Gasteiger partial charge in [0, 0.05) is 49.4 Å². The van der Waals surface area contributed by atoms with E-state index in [2.05, 4.69) is 31.2 Å². The number of carboxylic acids is 1. The van der Waals surface area contributed by atoms with Crippen molar-refractivity contribution in [2.24, 2.45) is 0 Å². The topological polar surface area (TPSA) is 164 Å². The number of ether oxygens (including phenoxy) is 2. The Labute approximate surface area is 298 Å². The van der Waals surface area contributed by atoms with Crippen molar-refractivity contribution in [1.29, 1.82) is 0 Å². The predicted molar refractivity (Wildman–Crippen MR) is 189 cm³/mol. The van der Waals surface area contributed by atoms with Crippen LogP contribution in [0.2, 0.25) is 10.0 Å². The fraction of sp³-hybridized carbons (Fsp3) is 0.306. The molecule has 1 saturated heterocycles. The van der Waals surface area contributed by atoms with Crippen LogP contribution in [0.4, 0.5) is 5.82 Å². The average molecular weight is 720 g/mol. The van der Waals surface area contributed by atoms with E-state index in [1.165, 1.54) is 0 Å². The summed E-state index contributed by atoms with van der Waals surface area (Å²) in [5.74, 6) is -0.268. The molecule has 1 aliphatic carbocycles. The number of hydrogen-bond acceptors (Lipinski definition) is 9. The van der Waals surface area contributed by atoms with Crippen molar-refractivity contribution in [2.45, 2.75) is 50.9 Å². The van der Waals surface area contributed by atoms with Crippen LogP contribution in [0, 0.1) is 0 Å². The van der Waals surface area contributed by atoms with E-state index in [0.717, 1.165) is 46.2 Å². The first-order chi connectivity index (χ1) is 24.2. The van der Waals surface area contributed by atoms with Gasteiger partial charge in [-0.3, -0.25) is 14.4 Å². The molecule has 2 aliphatic rings. The van der Waals surface area contributed by atoms with Crippen molar-refractivity contribution in [1.82, 2.24) is 25.9 Å². The minimum Gasteiger partial charge on any atom is -0.481 e. The quantitative estimate of drug-likeness (QED) is 0.115. The van der Waals surface area contributed by atoms with Gasteiger partial charge in [-0.05, 0) is 59.7 Å². The number of carboxylic acid groups (broad SMARTS) is 1. The molecule has 3 heterocycles. The molecule has 2 aromatic carbocycles. The third-order valence-corrected chi connectivity index (χ3v) is 9.32. The Morgan fingerprint density at radius 1 is 1.00 bits per heavy atom. The lowest BCUT2D eigenvalue weighted by molar-refractivity contribution is -0.136. The molecule has 260 valence electrons. The largest absolute Gasteiger partial charge is 0.481 e. The summed E-state index contributed by atoms with van der Waals surface area (Å²) in [6.07, 6.45) is 4.01. The highest BCUT2D eigenvalue weighted by atomic mass is 35.5. The van der Waals surface area contributed by atoms with Crippen LogP contribution in [-0.4, -0.2) is 59.1 Å². The molecular weight excluding hydrogens is 683 g/mol. The number of carbonyl (C=O) groups is 3. The monoisotopic (exact) mass is 718 g/mol. The van der Waals surface area contributed by atoms with Gasteiger partial charge in [-0.1, -0.05) is 59.6 Å². The van der Waals surface area contributed by atoms with Gasteiger partial charge >= 0.3 is 5.97 Å². The summed E-state index contributed by atoms with van der Waals surface area (Å²) in [6.45, 7) is 1.27. The summed E-state index contributed by atoms with van der Waals surface area (Å²) in [7, 11) is 1.55. The van der Waals surface area contributed by atoms with E-state index >= 15 is 0 Å². The number of aromatic nitrogens is 2. The summed E-state index contributed by atoms with van der Waals surface area (Å²) in [5, 5.41) is 21.3. The Morgan fingerprint density at radius 2 is 1.82 bits per heavy atom. The molecule has 4 aromatic rings. The molecule has 2 aromatic heterocycles. The number of halogens is 2. The van der Waals surface area contributed by atoms with Crippen molar-refractivity contribution in [3.8, 4) is 22.9 Å². The Bertz CT molecular complexity index is 1910. The second-order valence-electron chi connectivity index (χ2n) is 12.1. The first kappa shape index (κ1) is 35.1. The number of rotatable bonds is 14. The van der Waals surface area contributed by atoms with Crippen LogP contribution >= 0.6 is 23.2 Å². The first-order valence-corrected chi connectivity index (χ1v) is 16.9. The lowest BCUT2D eigenvalue weighted by Crippen LogP contribution is -2.35. The number of nitrogens with zero attached hydrogens (tertiary/aromatic N) is 2. The Kier molecular flexibility index (Phi) is 11.1. The first-order valence-electron chi connectivity index (χ1n) is 16.2. The highest BCUT2D eigenvalue weighted by molar-refractivity contribution is 6.37. The highest BCUT2D eigenvalue weighted by Crippen LogP contribution is 2.43. The van der Waals surface area contributed by atoms with Crippen LogP contribution in [-0.2, 0) is 29.1 Å². The molecule has 2 atom stereocenters. The van der Waals surface area contributed by atoms with Crippen molar-refractivity contribution in [3.63, 3.8) is 0 Å². The van der Waals surface area contributed by atoms with Gasteiger partial charge in [0.25, 0.3) is 5.91 Å². The fourth-order valence-electron chi connectivity index (χ4n) is 6.23. The summed E-state index contributed by atoms with van der Waals surface area (Å²) in [6, 6.07) is 16.6. The number of fused-ring (bicyclic) bond motifs is 1. The molecule has 2 amide bonds. The molecule has 1 fully saturated rings. The summed E-state index contributed by atoms with van der Waals surface area (Å²) in [5.41, 5.74) is 5.52. The minimum absolute atomic E-state index is 0.0734. The van der Waals surface area contributed by atoms with Crippen LogP contribution in [0.25, 0.3) is 11.1 Å². The molecule has 6 rings (SSSR count). The zero-order valence-electron chi connectivity index (χ0n) is 27.2. The number of amides is 2. The number of aliphatic carboxylic acids is 1. The van der Waals surface area contributed by atoms with Crippen LogP contribution in [0.15, 0.2) is 60.8 Å². The molecule has 0 radical (unpaired) electrons. The van der Waals surface area contributed by atoms with E-state index in [-0.39, 0.29) is 30.5 Å². The van der Waals surface area contributed by atoms with Crippen molar-refractivity contribution in [3.05, 3.63) is 98.7 Å². The molecule has 1 aliphatic heterocycles. The molecule has 12 nitrogen and oxygen atoms in total. The number of carbonyl (C=O) groups excluding carboxylic acids is 2. The van der Waals surface area contributed by atoms with E-state index in [0.29, 0.717) is 59.8 Å². The van der Waals surface area contributed by atoms with E-state index in [1.54, 1.807) is 43.6 Å². The van der Waals surface area contributed by atoms with Crippen molar-refractivity contribution in [2.75, 3.05) is 25.5 Å². The van der Waals surface area contributed by atoms with Gasteiger partial charge in [-0.15, -0.1) is 0 Å². The third kappa shape index (κ3) is 8.16. The number of methoxy groups -OCH3 is 1. The molecular formula is C36H36Cl2N6O6. The lowest BCUT2D eigenvalue weighted by atomic mass is 9.95. The van der Waals surface area contributed by atoms with Gasteiger partial charge in [0.15, 0.2) is 0 Å². The SMILES string of the molecule is COc1nc(O[C@H]2CCc3c(-c4cccc(C(=O)Nc5ccc(CNCC(=O)O)cn5)c4Cl)cccc32)c(Cl)cc1CNC[C@@H]1CCC(=O)N1. The van der Waals surface area contributed by atoms with Crippen LogP contribution in [0.3, 0.4) is 0 Å². The van der Waals surface area contributed by atoms with Crippen molar-refractivity contribution < 1.29 is 29.0 Å². The van der Waals surface area contributed by atoms with Crippen molar-refractivity contribution >= 4 is 46.8 Å². The lowest BCUT2D eigenvalue weighted by Gasteiger charge is -2.18. The fourth-order valence-corrected chi connectivity index (χ4v) is 6.77. The Balaban J connectivity index is 1.14. The molecule has 0 saturated carbocycles. The number of anilines is 1. The van der Waals surface area contributed by atoms with Gasteiger partial charge in [-0.25, -0.2) is 4.98 Å². The summed E-state index contributed by atoms with van der Waals surface area (Å²) < 4.78 is 12.0. The molecule has 14 heteroatoms. The predicted octanol–water partition coefficient (Wildman–Crippen LogP) is 5.32. The summed E-state index contributed by atoms with van der Waals surface area (Å²) >= 11 is 13.6. The van der Waals surface area contributed by atoms with Gasteiger partial charge in [0.1, 0.15) is 16.9 Å². The molecule has 5 N–H and O–H groups in total. The maximum atomic E-state index is 13.3. The minimum atomic E-state index is -0.947. The zero-order valence-corrected chi connectivity index (χ0v) is 28.7. The van der Waals surface area contributed by atoms with E-state index in [9.17, 15) is 14.4 Å². The number of nitrogens with one attached hydrogen (secondary N) is 4. The van der Waals surface area contributed by atoms with E-state index in [1.807, 2.05) is 24.3 Å². The van der Waals surface area contributed by atoms with Crippen LogP contribution in [0.1, 0.15) is 58.0 Å². The Hall–Kier alpha value is -4.75. The second kappa shape index (κ2) is 15.9. The smallest absolute Gasteiger partial charge is 0.317 e. The maximum Gasteiger partial charge on any atom is 0.317 e. The standard InChI is InChI=1S/C36H36Cl2N6O6/c1-49-35-21(17-40-18-22-9-13-31(45)42-22)14-28(37)36(44-35)50-29-11-10-24-23(4-2-5-25(24)29)26-6-3-7-27(33(26)38)34(48)43-30-12-8-20(16-41-30)15-39-19-32(46)47/h2-8,12,14,16,22,29,39-40H,9-11,13,15,17-19H2,1H3,(H,42,45)(H,46,47)(H,41,43,48)/t22-,29-/m0/s1. The number of hydrogen-bond donors (Lipinski definition) is 5. The van der Waals surface area contributed by atoms with Crippen LogP contribution in [0.5, 0.6) is 11.8 Å². The third-order valence-electron chi connectivity index (χ3n) is 8.64. The molecule has 0 bridgehead atoms. The molecule has 0 unspecified atom stereocenters. The van der Waals surface area contributed by atoms with E-state index < -0.39 is 11.9 Å².